The predicted molar refractivity (Wildman–Crippen MR) is 83.6 cm³/mol. The minimum Gasteiger partial charge on any atom is -0.370 e. The number of hydrogen-bond donors (Lipinski definition) is 1. The third-order valence-electron chi connectivity index (χ3n) is 3.69. The molecule has 1 aliphatic rings. The van der Waals surface area contributed by atoms with E-state index in [0.717, 1.165) is 27.5 Å². The molecule has 4 rings (SSSR count). The Morgan fingerprint density at radius 1 is 1.00 bits per heavy atom. The first-order chi connectivity index (χ1) is 10.6. The van der Waals surface area contributed by atoms with E-state index < -0.39 is 10.3 Å². The lowest BCUT2D eigenvalue weighted by Gasteiger charge is -2.21. The Kier molecular flexibility index (Phi) is 2.88. The standard InChI is InChI=1S/C16H12N2O3S/c19-22(20)18-9-12-5-3-7-14(16(12)21-22)15-10-17-8-11-4-1-2-6-13(11)15/h1-8,10,18H,9H2. The maximum Gasteiger partial charge on any atom is 0.382 e. The van der Waals surface area contributed by atoms with E-state index in [1.165, 1.54) is 0 Å². The molecule has 0 saturated carbocycles. The predicted octanol–water partition coefficient (Wildman–Crippen LogP) is 2.63. The molecule has 3 aromatic rings. The Labute approximate surface area is 127 Å². The van der Waals surface area contributed by atoms with E-state index in [1.807, 2.05) is 42.5 Å². The lowest BCUT2D eigenvalue weighted by Crippen LogP contribution is -2.32. The van der Waals surface area contributed by atoms with E-state index in [-0.39, 0.29) is 6.54 Å². The summed E-state index contributed by atoms with van der Waals surface area (Å²) in [6.07, 6.45) is 3.52. The molecule has 0 bridgehead atoms. The van der Waals surface area contributed by atoms with Crippen molar-refractivity contribution in [2.75, 3.05) is 0 Å². The molecule has 5 nitrogen and oxygen atoms in total. The first-order valence-corrected chi connectivity index (χ1v) is 8.19. The highest BCUT2D eigenvalue weighted by Gasteiger charge is 2.25. The summed E-state index contributed by atoms with van der Waals surface area (Å²) in [5.74, 6) is 0.374. The van der Waals surface area contributed by atoms with Crippen molar-refractivity contribution in [1.82, 2.24) is 9.71 Å². The van der Waals surface area contributed by atoms with Crippen LogP contribution in [0.5, 0.6) is 5.75 Å². The lowest BCUT2D eigenvalue weighted by atomic mass is 9.98. The van der Waals surface area contributed by atoms with Crippen LogP contribution in [-0.2, 0) is 16.8 Å². The lowest BCUT2D eigenvalue weighted by molar-refractivity contribution is 0.454. The average Bonchev–Trinajstić information content (AvgIpc) is 2.53. The Morgan fingerprint density at radius 2 is 1.86 bits per heavy atom. The van der Waals surface area contributed by atoms with Crippen LogP contribution < -0.4 is 8.91 Å². The van der Waals surface area contributed by atoms with Gasteiger partial charge in [0, 0.05) is 41.0 Å². The Hall–Kier alpha value is -2.44. The second-order valence-electron chi connectivity index (χ2n) is 5.06. The molecule has 0 atom stereocenters. The highest BCUT2D eigenvalue weighted by atomic mass is 32.2. The van der Waals surface area contributed by atoms with Crippen molar-refractivity contribution in [3.05, 3.63) is 60.4 Å². The average molecular weight is 312 g/mol. The van der Waals surface area contributed by atoms with Crippen LogP contribution in [0.3, 0.4) is 0 Å². The molecule has 110 valence electrons. The van der Waals surface area contributed by atoms with E-state index in [0.29, 0.717) is 5.75 Å². The summed E-state index contributed by atoms with van der Waals surface area (Å²) in [5, 5.41) is 2.00. The van der Waals surface area contributed by atoms with Gasteiger partial charge in [0.05, 0.1) is 0 Å². The van der Waals surface area contributed by atoms with Gasteiger partial charge < -0.3 is 4.18 Å². The van der Waals surface area contributed by atoms with Gasteiger partial charge >= 0.3 is 10.3 Å². The van der Waals surface area contributed by atoms with Crippen molar-refractivity contribution in [3.8, 4) is 16.9 Å². The summed E-state index contributed by atoms with van der Waals surface area (Å²) < 4.78 is 31.0. The zero-order valence-electron chi connectivity index (χ0n) is 11.5. The van der Waals surface area contributed by atoms with Gasteiger partial charge in [-0.3, -0.25) is 4.98 Å². The Morgan fingerprint density at radius 3 is 2.77 bits per heavy atom. The van der Waals surface area contributed by atoms with Crippen LogP contribution in [0.25, 0.3) is 21.9 Å². The molecule has 1 N–H and O–H groups in total. The summed E-state index contributed by atoms with van der Waals surface area (Å²) in [6, 6.07) is 13.4. The monoisotopic (exact) mass is 312 g/mol. The fraction of sp³-hybridized carbons (Fsp3) is 0.0625. The fourth-order valence-corrected chi connectivity index (χ4v) is 3.48. The number of pyridine rings is 1. The van der Waals surface area contributed by atoms with E-state index in [1.54, 1.807) is 12.4 Å². The molecule has 0 unspecified atom stereocenters. The molecule has 1 aliphatic heterocycles. The molecule has 0 saturated heterocycles. The van der Waals surface area contributed by atoms with Gasteiger partial charge in [0.2, 0.25) is 0 Å². The second-order valence-corrected chi connectivity index (χ2v) is 6.42. The highest BCUT2D eigenvalue weighted by molar-refractivity contribution is 7.85. The second kappa shape index (κ2) is 4.79. The van der Waals surface area contributed by atoms with Crippen molar-refractivity contribution in [2.45, 2.75) is 6.54 Å². The minimum atomic E-state index is -3.75. The summed E-state index contributed by atoms with van der Waals surface area (Å²) >= 11 is 0. The number of aromatic nitrogens is 1. The molecule has 6 heteroatoms. The van der Waals surface area contributed by atoms with E-state index >= 15 is 0 Å². The Bertz CT molecular complexity index is 978. The SMILES string of the molecule is O=S1(=O)NCc2cccc(-c3cncc4ccccc34)c2O1. The van der Waals surface area contributed by atoms with Crippen molar-refractivity contribution in [1.29, 1.82) is 0 Å². The summed E-state index contributed by atoms with van der Waals surface area (Å²) in [5.41, 5.74) is 2.39. The molecule has 0 fully saturated rings. The fourth-order valence-electron chi connectivity index (χ4n) is 2.67. The zero-order valence-corrected chi connectivity index (χ0v) is 12.3. The van der Waals surface area contributed by atoms with Crippen LogP contribution in [0.15, 0.2) is 54.9 Å². The van der Waals surface area contributed by atoms with E-state index in [9.17, 15) is 8.42 Å². The number of para-hydroxylation sites is 1. The first kappa shape index (κ1) is 13.2. The van der Waals surface area contributed by atoms with Crippen molar-refractivity contribution in [2.24, 2.45) is 0 Å². The maximum atomic E-state index is 11.7. The topological polar surface area (TPSA) is 68.3 Å². The van der Waals surface area contributed by atoms with Crippen molar-refractivity contribution < 1.29 is 12.6 Å². The Balaban J connectivity index is 2.01. The van der Waals surface area contributed by atoms with Gasteiger partial charge in [-0.05, 0) is 5.39 Å². The molecule has 1 aromatic heterocycles. The number of nitrogens with one attached hydrogen (secondary N) is 1. The van der Waals surface area contributed by atoms with Crippen LogP contribution in [0, 0.1) is 0 Å². The van der Waals surface area contributed by atoms with Crippen LogP contribution in [0.4, 0.5) is 0 Å². The van der Waals surface area contributed by atoms with Crippen LogP contribution >= 0.6 is 0 Å². The number of hydrogen-bond acceptors (Lipinski definition) is 4. The molecule has 0 radical (unpaired) electrons. The van der Waals surface area contributed by atoms with Gasteiger partial charge in [-0.15, -0.1) is 0 Å². The zero-order chi connectivity index (χ0) is 15.2. The van der Waals surface area contributed by atoms with E-state index in [2.05, 4.69) is 9.71 Å². The number of fused-ring (bicyclic) bond motifs is 2. The maximum absolute atomic E-state index is 11.7. The summed E-state index contributed by atoms with van der Waals surface area (Å²) in [7, 11) is -3.75. The molecule has 2 heterocycles. The molecule has 0 aliphatic carbocycles. The van der Waals surface area contributed by atoms with Crippen LogP contribution in [0.2, 0.25) is 0 Å². The number of benzene rings is 2. The molecule has 22 heavy (non-hydrogen) atoms. The summed E-state index contributed by atoms with van der Waals surface area (Å²) in [4.78, 5) is 4.25. The molecule has 0 amide bonds. The van der Waals surface area contributed by atoms with Gasteiger partial charge in [0.25, 0.3) is 0 Å². The quantitative estimate of drug-likeness (QED) is 0.750. The normalized spacial score (nSPS) is 16.0. The van der Waals surface area contributed by atoms with Crippen molar-refractivity contribution in [3.63, 3.8) is 0 Å². The molecule has 0 spiro atoms. The molecular formula is C16H12N2O3S. The third-order valence-corrected chi connectivity index (χ3v) is 4.57. The van der Waals surface area contributed by atoms with Gasteiger partial charge in [-0.25, -0.2) is 0 Å². The molecule has 2 aromatic carbocycles. The third kappa shape index (κ3) is 2.13. The largest absolute Gasteiger partial charge is 0.382 e. The van der Waals surface area contributed by atoms with Gasteiger partial charge in [0.15, 0.2) is 5.75 Å². The minimum absolute atomic E-state index is 0.226. The number of rotatable bonds is 1. The number of nitrogens with zero attached hydrogens (tertiary/aromatic N) is 1. The van der Waals surface area contributed by atoms with Crippen LogP contribution in [-0.4, -0.2) is 13.4 Å². The van der Waals surface area contributed by atoms with Gasteiger partial charge in [0.1, 0.15) is 0 Å². The smallest absolute Gasteiger partial charge is 0.370 e. The van der Waals surface area contributed by atoms with Crippen LogP contribution in [0.1, 0.15) is 5.56 Å². The summed E-state index contributed by atoms with van der Waals surface area (Å²) in [6.45, 7) is 0.226. The first-order valence-electron chi connectivity index (χ1n) is 6.78. The highest BCUT2D eigenvalue weighted by Crippen LogP contribution is 2.38. The van der Waals surface area contributed by atoms with E-state index in [4.69, 9.17) is 4.18 Å². The van der Waals surface area contributed by atoms with Gasteiger partial charge in [-0.1, -0.05) is 42.5 Å². The van der Waals surface area contributed by atoms with Gasteiger partial charge in [-0.2, -0.15) is 13.1 Å². The van der Waals surface area contributed by atoms with Crippen molar-refractivity contribution >= 4 is 21.1 Å². The molecular weight excluding hydrogens is 300 g/mol.